The van der Waals surface area contributed by atoms with Crippen molar-refractivity contribution in [3.63, 3.8) is 0 Å². The Morgan fingerprint density at radius 3 is 2.70 bits per heavy atom. The zero-order valence-electron chi connectivity index (χ0n) is 16.0. The molecule has 27 heavy (non-hydrogen) atoms. The monoisotopic (exact) mass is 363 g/mol. The molecule has 0 saturated carbocycles. The number of aryl methyl sites for hydroxylation is 1. The van der Waals surface area contributed by atoms with Gasteiger partial charge in [-0.15, -0.1) is 5.10 Å². The van der Waals surface area contributed by atoms with Crippen LogP contribution < -0.4 is 15.4 Å². The number of rotatable bonds is 5. The molecule has 0 amide bonds. The molecule has 3 aromatic rings. The molecule has 2 aromatic carbocycles. The van der Waals surface area contributed by atoms with Crippen molar-refractivity contribution in [2.75, 3.05) is 25.5 Å². The number of aromatic nitrogens is 3. The number of nitrogens with zero attached hydrogens (tertiary/aromatic N) is 4. The van der Waals surface area contributed by atoms with E-state index in [1.807, 2.05) is 41.9 Å². The zero-order chi connectivity index (χ0) is 19.0. The van der Waals surface area contributed by atoms with Gasteiger partial charge in [-0.2, -0.15) is 4.98 Å². The summed E-state index contributed by atoms with van der Waals surface area (Å²) in [6, 6.07) is 14.6. The molecule has 1 aliphatic heterocycles. The second-order valence-corrected chi connectivity index (χ2v) is 7.25. The van der Waals surface area contributed by atoms with Crippen LogP contribution in [0.15, 0.2) is 42.5 Å². The molecule has 0 spiro atoms. The summed E-state index contributed by atoms with van der Waals surface area (Å²) in [5.74, 6) is 2.38. The molecule has 0 fully saturated rings. The lowest BCUT2D eigenvalue weighted by Gasteiger charge is -2.12. The lowest BCUT2D eigenvalue weighted by Crippen LogP contribution is -2.24. The maximum atomic E-state index is 6.10. The summed E-state index contributed by atoms with van der Waals surface area (Å²) >= 11 is 0. The van der Waals surface area contributed by atoms with Crippen molar-refractivity contribution < 1.29 is 4.74 Å². The highest BCUT2D eigenvalue weighted by Gasteiger charge is 2.27. The van der Waals surface area contributed by atoms with Gasteiger partial charge in [-0.25, -0.2) is 4.68 Å². The molecular formula is C21H25N5O. The average Bonchev–Trinajstić information content (AvgIpc) is 3.25. The molecule has 2 heterocycles. The quantitative estimate of drug-likeness (QED) is 0.755. The summed E-state index contributed by atoms with van der Waals surface area (Å²) in [7, 11) is 3.97. The Morgan fingerprint density at radius 1 is 1.22 bits per heavy atom. The van der Waals surface area contributed by atoms with Crippen molar-refractivity contribution in [1.82, 2.24) is 14.8 Å². The minimum absolute atomic E-state index is 0.0280. The molecule has 0 saturated heterocycles. The minimum Gasteiger partial charge on any atom is -0.488 e. The molecule has 1 aliphatic rings. The van der Waals surface area contributed by atoms with Gasteiger partial charge in [-0.1, -0.05) is 36.4 Å². The van der Waals surface area contributed by atoms with Gasteiger partial charge in [0.2, 0.25) is 5.95 Å². The first kappa shape index (κ1) is 17.5. The molecule has 0 radical (unpaired) electrons. The molecule has 1 aromatic heterocycles. The van der Waals surface area contributed by atoms with Gasteiger partial charge < -0.3 is 15.4 Å². The van der Waals surface area contributed by atoms with Crippen LogP contribution in [0, 0.1) is 6.92 Å². The van der Waals surface area contributed by atoms with Gasteiger partial charge in [0.1, 0.15) is 11.9 Å². The highest BCUT2D eigenvalue weighted by atomic mass is 16.5. The zero-order valence-corrected chi connectivity index (χ0v) is 16.0. The molecule has 140 valence electrons. The number of ether oxygens (including phenoxy) is 1. The highest BCUT2D eigenvalue weighted by molar-refractivity contribution is 5.69. The maximum Gasteiger partial charge on any atom is 0.224 e. The standard InChI is InChI=1S/C21H25N5O/c1-14-9-16-11-17(12-22)27-19(16)18(10-14)20-23-21(25(2)3)26(24-20)13-15-7-5-4-6-8-15/h4-10,17H,11-13,22H2,1-3H3. The van der Waals surface area contributed by atoms with Crippen LogP contribution in [0.25, 0.3) is 11.4 Å². The van der Waals surface area contributed by atoms with E-state index < -0.39 is 0 Å². The average molecular weight is 363 g/mol. The largest absolute Gasteiger partial charge is 0.488 e. The second kappa shape index (κ2) is 7.04. The first-order chi connectivity index (χ1) is 13.0. The Hall–Kier alpha value is -2.86. The van der Waals surface area contributed by atoms with E-state index in [0.29, 0.717) is 18.9 Å². The molecule has 1 unspecified atom stereocenters. The summed E-state index contributed by atoms with van der Waals surface area (Å²) in [6.07, 6.45) is 0.867. The third kappa shape index (κ3) is 3.40. The number of nitrogens with two attached hydrogens (primary N) is 1. The van der Waals surface area contributed by atoms with Crippen LogP contribution in [-0.2, 0) is 13.0 Å². The molecule has 0 aliphatic carbocycles. The molecule has 6 nitrogen and oxygen atoms in total. The molecular weight excluding hydrogens is 338 g/mol. The van der Waals surface area contributed by atoms with Crippen LogP contribution in [0.3, 0.4) is 0 Å². The Labute approximate surface area is 159 Å². The van der Waals surface area contributed by atoms with E-state index in [4.69, 9.17) is 20.6 Å². The number of hydrogen-bond acceptors (Lipinski definition) is 5. The van der Waals surface area contributed by atoms with Gasteiger partial charge in [0, 0.05) is 27.1 Å². The van der Waals surface area contributed by atoms with Gasteiger partial charge >= 0.3 is 0 Å². The summed E-state index contributed by atoms with van der Waals surface area (Å²) < 4.78 is 8.04. The smallest absolute Gasteiger partial charge is 0.224 e. The van der Waals surface area contributed by atoms with Crippen LogP contribution in [0.5, 0.6) is 5.75 Å². The lowest BCUT2D eigenvalue weighted by molar-refractivity contribution is 0.242. The van der Waals surface area contributed by atoms with Crippen molar-refractivity contribution in [2.45, 2.75) is 26.0 Å². The van der Waals surface area contributed by atoms with Crippen LogP contribution >= 0.6 is 0 Å². The van der Waals surface area contributed by atoms with Crippen LogP contribution in [0.2, 0.25) is 0 Å². The summed E-state index contributed by atoms with van der Waals surface area (Å²) in [4.78, 5) is 6.80. The van der Waals surface area contributed by atoms with E-state index in [1.54, 1.807) is 0 Å². The van der Waals surface area contributed by atoms with E-state index >= 15 is 0 Å². The Bertz CT molecular complexity index is 949. The van der Waals surface area contributed by atoms with E-state index in [9.17, 15) is 0 Å². The molecule has 2 N–H and O–H groups in total. The molecule has 4 rings (SSSR count). The summed E-state index contributed by atoms with van der Waals surface area (Å²) in [5.41, 5.74) is 10.3. The van der Waals surface area contributed by atoms with Crippen molar-refractivity contribution in [3.8, 4) is 17.1 Å². The topological polar surface area (TPSA) is 69.2 Å². The fourth-order valence-corrected chi connectivity index (χ4v) is 3.53. The van der Waals surface area contributed by atoms with Crippen LogP contribution in [0.1, 0.15) is 16.7 Å². The van der Waals surface area contributed by atoms with Gasteiger partial charge in [0.05, 0.1) is 12.1 Å². The number of benzene rings is 2. The maximum absolute atomic E-state index is 6.10. The SMILES string of the molecule is Cc1cc2c(c(-c3nc(N(C)C)n(Cc4ccccc4)n3)c1)OC(CN)C2. The third-order valence-electron chi connectivity index (χ3n) is 4.77. The minimum atomic E-state index is 0.0280. The van der Waals surface area contributed by atoms with Gasteiger partial charge in [-0.05, 0) is 29.7 Å². The Morgan fingerprint density at radius 2 is 2.00 bits per heavy atom. The lowest BCUT2D eigenvalue weighted by atomic mass is 10.0. The molecule has 0 bridgehead atoms. The number of fused-ring (bicyclic) bond motifs is 1. The predicted molar refractivity (Wildman–Crippen MR) is 107 cm³/mol. The van der Waals surface area contributed by atoms with Gasteiger partial charge in [0.25, 0.3) is 0 Å². The van der Waals surface area contributed by atoms with E-state index in [2.05, 4.69) is 31.2 Å². The predicted octanol–water partition coefficient (Wildman–Crippen LogP) is 2.63. The number of anilines is 1. The van der Waals surface area contributed by atoms with E-state index in [0.717, 1.165) is 23.7 Å². The Balaban J connectivity index is 1.77. The van der Waals surface area contributed by atoms with Gasteiger partial charge in [-0.3, -0.25) is 0 Å². The van der Waals surface area contributed by atoms with Crippen molar-refractivity contribution in [3.05, 3.63) is 59.2 Å². The normalized spacial score (nSPS) is 15.5. The van der Waals surface area contributed by atoms with Crippen LogP contribution in [-0.4, -0.2) is 41.5 Å². The van der Waals surface area contributed by atoms with E-state index in [1.165, 1.54) is 16.7 Å². The first-order valence-corrected chi connectivity index (χ1v) is 9.22. The fraction of sp³-hybridized carbons (Fsp3) is 0.333. The Kier molecular flexibility index (Phi) is 4.58. The van der Waals surface area contributed by atoms with Crippen molar-refractivity contribution in [1.29, 1.82) is 0 Å². The summed E-state index contributed by atoms with van der Waals surface area (Å²) in [6.45, 7) is 3.26. The second-order valence-electron chi connectivity index (χ2n) is 7.25. The molecule has 1 atom stereocenters. The van der Waals surface area contributed by atoms with Crippen molar-refractivity contribution in [2.24, 2.45) is 5.73 Å². The van der Waals surface area contributed by atoms with Crippen LogP contribution in [0.4, 0.5) is 5.95 Å². The third-order valence-corrected chi connectivity index (χ3v) is 4.77. The first-order valence-electron chi connectivity index (χ1n) is 9.22. The van der Waals surface area contributed by atoms with Gasteiger partial charge in [0.15, 0.2) is 5.82 Å². The molecule has 6 heteroatoms. The highest BCUT2D eigenvalue weighted by Crippen LogP contribution is 2.39. The van der Waals surface area contributed by atoms with Crippen molar-refractivity contribution >= 4 is 5.95 Å². The van der Waals surface area contributed by atoms with E-state index in [-0.39, 0.29) is 6.10 Å². The number of hydrogen-bond donors (Lipinski definition) is 1. The fourth-order valence-electron chi connectivity index (χ4n) is 3.53. The summed E-state index contributed by atoms with van der Waals surface area (Å²) in [5, 5.41) is 4.82.